The van der Waals surface area contributed by atoms with E-state index in [1.54, 1.807) is 11.8 Å². The topological polar surface area (TPSA) is 83.8 Å². The summed E-state index contributed by atoms with van der Waals surface area (Å²) in [6.45, 7) is 0. The first-order chi connectivity index (χ1) is 13.0. The maximum absolute atomic E-state index is 12.3. The number of aliphatic hydroxyl groups excluding tert-OH is 2. The molecule has 6 heteroatoms. The van der Waals surface area contributed by atoms with Crippen LogP contribution in [0.15, 0.2) is 12.2 Å². The second kappa shape index (κ2) is 11.9. The first-order valence-corrected chi connectivity index (χ1v) is 11.3. The van der Waals surface area contributed by atoms with Crippen LogP contribution in [0.2, 0.25) is 0 Å². The van der Waals surface area contributed by atoms with Crippen molar-refractivity contribution in [3.05, 3.63) is 12.2 Å². The molecule has 1 unspecified atom stereocenters. The SMILES string of the molecule is COC(=O)CCCCCS[C@H]1C(=O)C[C@@H](O)[C@@H]1/C=C/C(O)C1CCCCC1. The van der Waals surface area contributed by atoms with Gasteiger partial charge in [-0.25, -0.2) is 0 Å². The number of unbranched alkanes of at least 4 members (excludes halogenated alkanes) is 2. The maximum atomic E-state index is 12.3. The van der Waals surface area contributed by atoms with E-state index in [0.29, 0.717) is 12.3 Å². The van der Waals surface area contributed by atoms with E-state index in [9.17, 15) is 19.8 Å². The molecule has 0 bridgehead atoms. The van der Waals surface area contributed by atoms with Crippen molar-refractivity contribution in [1.29, 1.82) is 0 Å². The van der Waals surface area contributed by atoms with Crippen molar-refractivity contribution in [2.45, 2.75) is 81.7 Å². The van der Waals surface area contributed by atoms with Gasteiger partial charge in [0, 0.05) is 18.8 Å². The average Bonchev–Trinajstić information content (AvgIpc) is 2.95. The Bertz CT molecular complexity index is 501. The lowest BCUT2D eigenvalue weighted by molar-refractivity contribution is -0.140. The third-order valence-corrected chi connectivity index (χ3v) is 7.20. The Labute approximate surface area is 166 Å². The Kier molecular flexibility index (Phi) is 9.87. The number of carbonyl (C=O) groups excluding carboxylic acids is 2. The zero-order chi connectivity index (χ0) is 19.6. The summed E-state index contributed by atoms with van der Waals surface area (Å²) in [7, 11) is 1.40. The molecule has 0 radical (unpaired) electrons. The molecule has 2 fully saturated rings. The third-order valence-electron chi connectivity index (χ3n) is 5.74. The number of hydrogen-bond donors (Lipinski definition) is 2. The number of thioether (sulfide) groups is 1. The minimum Gasteiger partial charge on any atom is -0.469 e. The molecule has 0 amide bonds. The van der Waals surface area contributed by atoms with Crippen molar-refractivity contribution in [1.82, 2.24) is 0 Å². The second-order valence-corrected chi connectivity index (χ2v) is 9.02. The minimum atomic E-state index is -0.649. The zero-order valence-electron chi connectivity index (χ0n) is 16.3. The second-order valence-electron chi connectivity index (χ2n) is 7.77. The van der Waals surface area contributed by atoms with Gasteiger partial charge in [0.1, 0.15) is 5.78 Å². The van der Waals surface area contributed by atoms with E-state index >= 15 is 0 Å². The molecule has 0 aromatic rings. The van der Waals surface area contributed by atoms with Crippen molar-refractivity contribution < 1.29 is 24.5 Å². The van der Waals surface area contributed by atoms with Gasteiger partial charge in [0.2, 0.25) is 0 Å². The first kappa shape index (κ1) is 22.4. The van der Waals surface area contributed by atoms with Crippen LogP contribution < -0.4 is 0 Å². The van der Waals surface area contributed by atoms with Gasteiger partial charge in [-0.3, -0.25) is 9.59 Å². The highest BCUT2D eigenvalue weighted by atomic mass is 32.2. The largest absolute Gasteiger partial charge is 0.469 e. The summed E-state index contributed by atoms with van der Waals surface area (Å²) >= 11 is 1.60. The highest BCUT2D eigenvalue weighted by Crippen LogP contribution is 2.35. The summed E-state index contributed by atoms with van der Waals surface area (Å²) in [5.41, 5.74) is 0. The summed E-state index contributed by atoms with van der Waals surface area (Å²) < 4.78 is 4.62. The molecule has 0 spiro atoms. The molecule has 0 aliphatic heterocycles. The number of aliphatic hydroxyl groups is 2. The number of methoxy groups -OCH3 is 1. The maximum Gasteiger partial charge on any atom is 0.305 e. The Morgan fingerprint density at radius 3 is 2.70 bits per heavy atom. The van der Waals surface area contributed by atoms with Crippen LogP contribution in [0, 0.1) is 11.8 Å². The van der Waals surface area contributed by atoms with Gasteiger partial charge in [-0.05, 0) is 37.4 Å². The van der Waals surface area contributed by atoms with Crippen LogP contribution >= 0.6 is 11.8 Å². The molecule has 0 heterocycles. The summed E-state index contributed by atoms with van der Waals surface area (Å²) in [6, 6.07) is 0. The predicted octanol–water partition coefficient (Wildman–Crippen LogP) is 3.27. The quantitative estimate of drug-likeness (QED) is 0.334. The van der Waals surface area contributed by atoms with Crippen molar-refractivity contribution >= 4 is 23.5 Å². The minimum absolute atomic E-state index is 0.101. The molecule has 2 N–H and O–H groups in total. The summed E-state index contributed by atoms with van der Waals surface area (Å²) in [4.78, 5) is 23.3. The number of hydrogen-bond acceptors (Lipinski definition) is 6. The molecule has 2 aliphatic rings. The molecule has 27 heavy (non-hydrogen) atoms. The van der Waals surface area contributed by atoms with E-state index in [1.807, 2.05) is 12.2 Å². The average molecular weight is 399 g/mol. The molecule has 5 nitrogen and oxygen atoms in total. The molecule has 2 saturated carbocycles. The number of rotatable bonds is 10. The normalized spacial score (nSPS) is 28.0. The number of ether oxygens (including phenoxy) is 1. The molecule has 154 valence electrons. The van der Waals surface area contributed by atoms with Gasteiger partial charge in [-0.15, -0.1) is 11.8 Å². The molecule has 0 aromatic carbocycles. The van der Waals surface area contributed by atoms with Crippen LogP contribution in [-0.2, 0) is 14.3 Å². The zero-order valence-corrected chi connectivity index (χ0v) is 17.2. The highest BCUT2D eigenvalue weighted by Gasteiger charge is 2.40. The number of carbonyl (C=O) groups is 2. The van der Waals surface area contributed by atoms with Gasteiger partial charge in [-0.2, -0.15) is 0 Å². The number of ketones is 1. The van der Waals surface area contributed by atoms with Crippen molar-refractivity contribution in [3.8, 4) is 0 Å². The smallest absolute Gasteiger partial charge is 0.305 e. The van der Waals surface area contributed by atoms with E-state index in [-0.39, 0.29) is 29.3 Å². The Morgan fingerprint density at radius 2 is 2.00 bits per heavy atom. The molecule has 2 rings (SSSR count). The van der Waals surface area contributed by atoms with Crippen LogP contribution in [0.4, 0.5) is 0 Å². The fraction of sp³-hybridized carbons (Fsp3) is 0.810. The number of esters is 1. The summed E-state index contributed by atoms with van der Waals surface area (Å²) in [5, 5.41) is 20.5. The van der Waals surface area contributed by atoms with E-state index < -0.39 is 12.2 Å². The third kappa shape index (κ3) is 7.24. The van der Waals surface area contributed by atoms with Gasteiger partial charge in [0.25, 0.3) is 0 Å². The molecule has 0 saturated heterocycles. The van der Waals surface area contributed by atoms with Gasteiger partial charge in [-0.1, -0.05) is 37.8 Å². The van der Waals surface area contributed by atoms with Crippen LogP contribution in [0.25, 0.3) is 0 Å². The lowest BCUT2D eigenvalue weighted by atomic mass is 9.85. The van der Waals surface area contributed by atoms with Gasteiger partial charge >= 0.3 is 5.97 Å². The van der Waals surface area contributed by atoms with Gasteiger partial charge in [0.15, 0.2) is 0 Å². The molecule has 2 aliphatic carbocycles. The fourth-order valence-corrected chi connectivity index (χ4v) is 5.44. The molecule has 4 atom stereocenters. The van der Waals surface area contributed by atoms with E-state index in [1.165, 1.54) is 26.4 Å². The van der Waals surface area contributed by atoms with Gasteiger partial charge in [0.05, 0.1) is 24.6 Å². The summed E-state index contributed by atoms with van der Waals surface area (Å²) in [5.74, 6) is 0.850. The van der Waals surface area contributed by atoms with E-state index in [4.69, 9.17) is 0 Å². The van der Waals surface area contributed by atoms with Crippen molar-refractivity contribution in [2.24, 2.45) is 11.8 Å². The lowest BCUT2D eigenvalue weighted by Gasteiger charge is -2.25. The molecular weight excluding hydrogens is 364 g/mol. The van der Waals surface area contributed by atoms with E-state index in [0.717, 1.165) is 37.9 Å². The Morgan fingerprint density at radius 1 is 1.26 bits per heavy atom. The fourth-order valence-electron chi connectivity index (χ4n) is 4.04. The van der Waals surface area contributed by atoms with Crippen LogP contribution in [-0.4, -0.2) is 52.3 Å². The van der Waals surface area contributed by atoms with Crippen LogP contribution in [0.1, 0.15) is 64.2 Å². The monoisotopic (exact) mass is 398 g/mol. The Balaban J connectivity index is 1.77. The highest BCUT2D eigenvalue weighted by molar-refractivity contribution is 8.00. The van der Waals surface area contributed by atoms with Crippen LogP contribution in [0.5, 0.6) is 0 Å². The molecule has 0 aromatic heterocycles. The standard InChI is InChI=1S/C21H34O5S/c1-26-20(25)10-6-3-7-13-27-21-16(18(23)14-19(21)24)11-12-17(22)15-8-4-2-5-9-15/h11-12,15-18,21-23H,2-10,13-14H2,1H3/b12-11+/t16-,17?,18+,21+/m0/s1. The van der Waals surface area contributed by atoms with Crippen LogP contribution in [0.3, 0.4) is 0 Å². The van der Waals surface area contributed by atoms with E-state index in [2.05, 4.69) is 4.74 Å². The van der Waals surface area contributed by atoms with Crippen molar-refractivity contribution in [3.63, 3.8) is 0 Å². The van der Waals surface area contributed by atoms with Gasteiger partial charge < -0.3 is 14.9 Å². The lowest BCUT2D eigenvalue weighted by Crippen LogP contribution is -2.24. The predicted molar refractivity (Wildman–Crippen MR) is 108 cm³/mol. The first-order valence-electron chi connectivity index (χ1n) is 10.3. The molecular formula is C21H34O5S. The van der Waals surface area contributed by atoms with Crippen molar-refractivity contribution in [2.75, 3.05) is 12.9 Å². The summed E-state index contributed by atoms with van der Waals surface area (Å²) in [6.07, 6.45) is 11.6. The number of Topliss-reactive ketones (excluding diaryl/α,β-unsaturated/α-hetero) is 1. The Hall–Kier alpha value is -0.850.